The molecule has 3 aromatic heterocycles. The van der Waals surface area contributed by atoms with E-state index in [-0.39, 0.29) is 0 Å². The number of pyridine rings is 1. The summed E-state index contributed by atoms with van der Waals surface area (Å²) >= 11 is 0. The number of aliphatic hydroxyl groups is 1. The molecule has 0 radical (unpaired) electrons. The molecule has 7 heteroatoms. The van der Waals surface area contributed by atoms with Gasteiger partial charge in [-0.3, -0.25) is 9.78 Å². The average Bonchev–Trinajstić information content (AvgIpc) is 3.45. The quantitative estimate of drug-likeness (QED) is 0.376. The van der Waals surface area contributed by atoms with Gasteiger partial charge in [-0.2, -0.15) is 10.2 Å². The molecule has 7 nitrogen and oxygen atoms in total. The summed E-state index contributed by atoms with van der Waals surface area (Å²) in [7, 11) is 2.91. The van der Waals surface area contributed by atoms with E-state index in [9.17, 15) is 0 Å². The van der Waals surface area contributed by atoms with E-state index in [1.807, 2.05) is 45.4 Å². The molecular weight excluding hydrogens is 388 g/mol. The Morgan fingerprint density at radius 2 is 1.71 bits per heavy atom. The van der Waals surface area contributed by atoms with Crippen LogP contribution in [0.2, 0.25) is 0 Å². The van der Waals surface area contributed by atoms with Crippen LogP contribution in [0.25, 0.3) is 33.2 Å². The largest absolute Gasteiger partial charge is 0.400 e. The number of nitrogens with one attached hydrogen (secondary N) is 2. The van der Waals surface area contributed by atoms with Crippen molar-refractivity contribution in [2.24, 2.45) is 7.05 Å². The fourth-order valence-corrected chi connectivity index (χ4v) is 3.34. The van der Waals surface area contributed by atoms with Crippen LogP contribution in [0.5, 0.6) is 0 Å². The van der Waals surface area contributed by atoms with Crippen LogP contribution in [0.3, 0.4) is 0 Å². The van der Waals surface area contributed by atoms with Crippen LogP contribution in [0.4, 0.5) is 11.4 Å². The number of H-pyrrole nitrogens is 1. The lowest BCUT2D eigenvalue weighted by Gasteiger charge is -2.11. The molecule has 31 heavy (non-hydrogen) atoms. The van der Waals surface area contributed by atoms with E-state index < -0.39 is 0 Å². The Hall–Kier alpha value is -3.71. The van der Waals surface area contributed by atoms with Gasteiger partial charge in [-0.25, -0.2) is 4.98 Å². The number of nitrogens with zero attached hydrogens (tertiary/aromatic N) is 4. The van der Waals surface area contributed by atoms with Gasteiger partial charge >= 0.3 is 0 Å². The predicted octanol–water partition coefficient (Wildman–Crippen LogP) is 5.20. The van der Waals surface area contributed by atoms with Gasteiger partial charge in [0, 0.05) is 30.8 Å². The van der Waals surface area contributed by atoms with Crippen molar-refractivity contribution in [1.82, 2.24) is 25.0 Å². The van der Waals surface area contributed by atoms with Gasteiger partial charge in [-0.15, -0.1) is 0 Å². The molecule has 0 saturated heterocycles. The Morgan fingerprint density at radius 3 is 2.45 bits per heavy atom. The molecule has 0 aliphatic carbocycles. The van der Waals surface area contributed by atoms with Gasteiger partial charge in [0.15, 0.2) is 5.65 Å². The third-order valence-electron chi connectivity index (χ3n) is 4.80. The standard InChI is InChI=1S/C21H18N6.C2H6.CH4O/c1-13-6-8-14(9-7-13)24-20-10-19(25-21-17(20)12-23-27(21)2)15-4-3-5-18-16(15)11-22-26-18;2*1-2/h3-12H,1-2H3,(H,22,26)(H,24,25);1-2H3;2H,1H3. The van der Waals surface area contributed by atoms with Gasteiger partial charge in [0.05, 0.1) is 34.7 Å². The highest BCUT2D eigenvalue weighted by Crippen LogP contribution is 2.33. The fourth-order valence-electron chi connectivity index (χ4n) is 3.34. The molecule has 0 amide bonds. The van der Waals surface area contributed by atoms with Crippen LogP contribution in [0.1, 0.15) is 19.4 Å². The summed E-state index contributed by atoms with van der Waals surface area (Å²) in [6.07, 6.45) is 3.69. The molecule has 0 unspecified atom stereocenters. The molecule has 160 valence electrons. The van der Waals surface area contributed by atoms with E-state index in [1.165, 1.54) is 5.56 Å². The van der Waals surface area contributed by atoms with Crippen molar-refractivity contribution in [2.45, 2.75) is 20.8 Å². The third-order valence-corrected chi connectivity index (χ3v) is 4.80. The maximum Gasteiger partial charge on any atom is 0.160 e. The molecule has 2 aromatic carbocycles. The SMILES string of the molecule is CC.CO.Cc1ccc(Nc2cc(-c3cccc4[nH]ncc34)nc3c2cnn3C)cc1. The molecule has 3 N–H and O–H groups in total. The maximum atomic E-state index is 7.00. The summed E-state index contributed by atoms with van der Waals surface area (Å²) in [4.78, 5) is 4.87. The van der Waals surface area contributed by atoms with Crippen molar-refractivity contribution < 1.29 is 5.11 Å². The minimum absolute atomic E-state index is 0.836. The maximum absolute atomic E-state index is 7.00. The molecule has 3 heterocycles. The third kappa shape index (κ3) is 4.41. The van der Waals surface area contributed by atoms with Crippen LogP contribution >= 0.6 is 0 Å². The van der Waals surface area contributed by atoms with Gasteiger partial charge in [-0.1, -0.05) is 43.7 Å². The summed E-state index contributed by atoms with van der Waals surface area (Å²) in [6.45, 7) is 6.08. The molecule has 5 aromatic rings. The first-order chi connectivity index (χ1) is 15.2. The number of aryl methyl sites for hydroxylation is 2. The van der Waals surface area contributed by atoms with Gasteiger partial charge in [0.2, 0.25) is 0 Å². The number of aromatic amines is 1. The van der Waals surface area contributed by atoms with E-state index in [1.54, 1.807) is 4.68 Å². The summed E-state index contributed by atoms with van der Waals surface area (Å²) in [5.74, 6) is 0. The Labute approximate surface area is 181 Å². The number of benzene rings is 2. The Morgan fingerprint density at radius 1 is 0.968 bits per heavy atom. The number of fused-ring (bicyclic) bond motifs is 2. The van der Waals surface area contributed by atoms with Crippen molar-refractivity contribution in [2.75, 3.05) is 12.4 Å². The monoisotopic (exact) mass is 416 g/mol. The molecule has 0 atom stereocenters. The van der Waals surface area contributed by atoms with E-state index in [4.69, 9.17) is 10.1 Å². The zero-order valence-corrected chi connectivity index (χ0v) is 18.5. The highest BCUT2D eigenvalue weighted by molar-refractivity contribution is 5.98. The molecule has 5 rings (SSSR count). The van der Waals surface area contributed by atoms with Gasteiger partial charge in [-0.05, 0) is 31.2 Å². The first-order valence-corrected chi connectivity index (χ1v) is 10.2. The topological polar surface area (TPSA) is 91.7 Å². The number of rotatable bonds is 3. The number of aliphatic hydroxyl groups excluding tert-OH is 1. The lowest BCUT2D eigenvalue weighted by atomic mass is 10.1. The van der Waals surface area contributed by atoms with Crippen molar-refractivity contribution in [3.05, 3.63) is 66.5 Å². The summed E-state index contributed by atoms with van der Waals surface area (Å²) in [6, 6.07) is 16.5. The average molecular weight is 417 g/mol. The lowest BCUT2D eigenvalue weighted by Crippen LogP contribution is -1.97. The van der Waals surface area contributed by atoms with E-state index >= 15 is 0 Å². The van der Waals surface area contributed by atoms with E-state index in [2.05, 4.69) is 63.9 Å². The second-order valence-electron chi connectivity index (χ2n) is 6.69. The molecule has 0 fully saturated rings. The molecule has 0 spiro atoms. The molecule has 0 aliphatic rings. The van der Waals surface area contributed by atoms with Gasteiger partial charge in [0.25, 0.3) is 0 Å². The molecule has 0 aliphatic heterocycles. The second-order valence-corrected chi connectivity index (χ2v) is 6.69. The predicted molar refractivity (Wildman–Crippen MR) is 128 cm³/mol. The van der Waals surface area contributed by atoms with Gasteiger partial charge in [0.1, 0.15) is 0 Å². The van der Waals surface area contributed by atoms with Crippen LogP contribution in [0, 0.1) is 6.92 Å². The van der Waals surface area contributed by atoms with Gasteiger partial charge < -0.3 is 10.4 Å². The number of aromatic nitrogens is 5. The van der Waals surface area contributed by atoms with Crippen molar-refractivity contribution >= 4 is 33.3 Å². The number of hydrogen-bond acceptors (Lipinski definition) is 5. The first-order valence-electron chi connectivity index (χ1n) is 10.2. The highest BCUT2D eigenvalue weighted by Gasteiger charge is 2.13. The smallest absolute Gasteiger partial charge is 0.160 e. The Bertz CT molecular complexity index is 1270. The lowest BCUT2D eigenvalue weighted by molar-refractivity contribution is 0.399. The van der Waals surface area contributed by atoms with Crippen molar-refractivity contribution in [3.8, 4) is 11.3 Å². The minimum atomic E-state index is 0.836. The fraction of sp³-hybridized carbons (Fsp3) is 0.208. The normalized spacial score (nSPS) is 10.3. The highest BCUT2D eigenvalue weighted by atomic mass is 16.2. The minimum Gasteiger partial charge on any atom is -0.400 e. The van der Waals surface area contributed by atoms with Crippen LogP contribution in [0.15, 0.2) is 60.9 Å². The first kappa shape index (κ1) is 22.0. The van der Waals surface area contributed by atoms with Crippen molar-refractivity contribution in [1.29, 1.82) is 0 Å². The molecule has 0 bridgehead atoms. The zero-order chi connectivity index (χ0) is 22.4. The van der Waals surface area contributed by atoms with Crippen molar-refractivity contribution in [3.63, 3.8) is 0 Å². The molecule has 0 saturated carbocycles. The number of anilines is 2. The van der Waals surface area contributed by atoms with Crippen LogP contribution in [-0.4, -0.2) is 37.2 Å². The van der Waals surface area contributed by atoms with E-state index in [0.717, 1.165) is 51.7 Å². The van der Waals surface area contributed by atoms with Crippen LogP contribution < -0.4 is 5.32 Å². The molecular formula is C24H28N6O. The van der Waals surface area contributed by atoms with E-state index in [0.29, 0.717) is 0 Å². The summed E-state index contributed by atoms with van der Waals surface area (Å²) < 4.78 is 1.80. The van der Waals surface area contributed by atoms with Crippen LogP contribution in [-0.2, 0) is 7.05 Å². The number of hydrogen-bond donors (Lipinski definition) is 3. The second kappa shape index (κ2) is 9.86. The summed E-state index contributed by atoms with van der Waals surface area (Å²) in [5, 5.41) is 24.1. The zero-order valence-electron chi connectivity index (χ0n) is 18.5. The Kier molecular flexibility index (Phi) is 6.99. The summed E-state index contributed by atoms with van der Waals surface area (Å²) in [5.41, 5.74) is 6.99. The Balaban J connectivity index is 0.000000645.